The van der Waals surface area contributed by atoms with Crippen molar-refractivity contribution in [3.8, 4) is 17.9 Å². The molecule has 3 amide bonds. The molecule has 0 spiro atoms. The molecule has 2 heterocycles. The second-order valence-corrected chi connectivity index (χ2v) is 11.1. The lowest BCUT2D eigenvalue weighted by atomic mass is 9.76. The van der Waals surface area contributed by atoms with Crippen molar-refractivity contribution in [3.05, 3.63) is 35.9 Å². The van der Waals surface area contributed by atoms with Crippen LogP contribution >= 0.6 is 0 Å². The fraction of sp³-hybridized carbons (Fsp3) is 0.586. The van der Waals surface area contributed by atoms with Gasteiger partial charge in [-0.2, -0.15) is 5.26 Å². The summed E-state index contributed by atoms with van der Waals surface area (Å²) in [7, 11) is -0.396. The molecule has 2 fully saturated rings. The third kappa shape index (κ3) is 9.38. The van der Waals surface area contributed by atoms with E-state index in [1.54, 1.807) is 9.80 Å². The van der Waals surface area contributed by atoms with Crippen molar-refractivity contribution in [2.24, 2.45) is 11.8 Å². The molecule has 3 N–H and O–H groups in total. The number of piperazine rings is 1. The van der Waals surface area contributed by atoms with Gasteiger partial charge in [0.05, 0.1) is 31.3 Å². The van der Waals surface area contributed by atoms with Crippen LogP contribution in [0.15, 0.2) is 30.3 Å². The Morgan fingerprint density at radius 1 is 1.12 bits per heavy atom. The third-order valence-electron chi connectivity index (χ3n) is 7.67. The molecule has 0 bridgehead atoms. The fourth-order valence-electron chi connectivity index (χ4n) is 5.09. The fourth-order valence-corrected chi connectivity index (χ4v) is 5.09. The highest BCUT2D eigenvalue weighted by Gasteiger charge is 2.33. The minimum atomic E-state index is -1.76. The number of benzene rings is 1. The first-order valence-electron chi connectivity index (χ1n) is 14.1. The van der Waals surface area contributed by atoms with Gasteiger partial charge in [0.15, 0.2) is 0 Å². The lowest BCUT2D eigenvalue weighted by Gasteiger charge is -2.40. The molecular weight excluding hydrogens is 541 g/mol. The van der Waals surface area contributed by atoms with E-state index in [1.807, 2.05) is 44.2 Å². The SMILES string of the molecule is COC(=O)N1CCN(C(C)(C)C#CCC(C#N)C(=O)N2CC[C@H](COC(=O)N[C@@H](Cc3ccccc3)B(O)O)C2)CC1. The van der Waals surface area contributed by atoms with E-state index in [9.17, 15) is 29.7 Å². The van der Waals surface area contributed by atoms with Crippen LogP contribution in [0.4, 0.5) is 9.59 Å². The van der Waals surface area contributed by atoms with Crippen LogP contribution in [0.5, 0.6) is 0 Å². The summed E-state index contributed by atoms with van der Waals surface area (Å²) in [6.45, 7) is 7.16. The molecule has 12 nitrogen and oxygen atoms in total. The number of amides is 3. The van der Waals surface area contributed by atoms with Gasteiger partial charge in [-0.05, 0) is 32.3 Å². The van der Waals surface area contributed by atoms with E-state index in [1.165, 1.54) is 7.11 Å². The lowest BCUT2D eigenvalue weighted by molar-refractivity contribution is -0.132. The van der Waals surface area contributed by atoms with Gasteiger partial charge in [-0.15, -0.1) is 0 Å². The summed E-state index contributed by atoms with van der Waals surface area (Å²) in [4.78, 5) is 42.5. The van der Waals surface area contributed by atoms with Gasteiger partial charge in [-0.25, -0.2) is 9.59 Å². The largest absolute Gasteiger partial charge is 0.475 e. The Bertz CT molecular complexity index is 1170. The van der Waals surface area contributed by atoms with Crippen LogP contribution in [0, 0.1) is 35.0 Å². The van der Waals surface area contributed by atoms with Crippen LogP contribution in [-0.2, 0) is 20.7 Å². The zero-order chi connectivity index (χ0) is 30.7. The number of nitrogens with one attached hydrogen (secondary N) is 1. The van der Waals surface area contributed by atoms with Crippen LogP contribution in [0.25, 0.3) is 0 Å². The first-order chi connectivity index (χ1) is 20.0. The highest BCUT2D eigenvalue weighted by atomic mass is 16.6. The first-order valence-corrected chi connectivity index (χ1v) is 14.1. The van der Waals surface area contributed by atoms with Crippen molar-refractivity contribution in [1.29, 1.82) is 5.26 Å². The topological polar surface area (TPSA) is 156 Å². The number of nitrogens with zero attached hydrogens (tertiary/aromatic N) is 4. The summed E-state index contributed by atoms with van der Waals surface area (Å²) in [5, 5.41) is 31.5. The molecule has 1 unspecified atom stereocenters. The second kappa shape index (κ2) is 15.5. The summed E-state index contributed by atoms with van der Waals surface area (Å²) >= 11 is 0. The van der Waals surface area contributed by atoms with Crippen molar-refractivity contribution in [1.82, 2.24) is 20.0 Å². The smallest absolute Gasteiger partial charge is 0.453 e. The average Bonchev–Trinajstić information content (AvgIpc) is 3.47. The maximum atomic E-state index is 13.0. The maximum Gasteiger partial charge on any atom is 0.475 e. The van der Waals surface area contributed by atoms with Crippen LogP contribution in [0.1, 0.15) is 32.3 Å². The maximum absolute atomic E-state index is 13.0. The van der Waals surface area contributed by atoms with Gasteiger partial charge in [0.25, 0.3) is 0 Å². The molecular formula is C29H40BN5O7. The third-order valence-corrected chi connectivity index (χ3v) is 7.67. The summed E-state index contributed by atoms with van der Waals surface area (Å²) < 4.78 is 10.1. The van der Waals surface area contributed by atoms with Crippen molar-refractivity contribution >= 4 is 25.2 Å². The molecule has 2 saturated heterocycles. The van der Waals surface area contributed by atoms with Crippen molar-refractivity contribution < 1.29 is 33.9 Å². The first kappa shape index (κ1) is 32.7. The zero-order valence-corrected chi connectivity index (χ0v) is 24.5. The van der Waals surface area contributed by atoms with E-state index >= 15 is 0 Å². The molecule has 0 radical (unpaired) electrons. The lowest BCUT2D eigenvalue weighted by Crippen LogP contribution is -2.55. The van der Waals surface area contributed by atoms with E-state index in [4.69, 9.17) is 9.47 Å². The number of rotatable bonds is 9. The van der Waals surface area contributed by atoms with Gasteiger partial charge < -0.3 is 34.6 Å². The van der Waals surface area contributed by atoms with Crippen LogP contribution in [0.2, 0.25) is 0 Å². The number of hydrogen-bond acceptors (Lipinski definition) is 9. The summed E-state index contributed by atoms with van der Waals surface area (Å²) in [6, 6.07) is 11.2. The molecule has 226 valence electrons. The van der Waals surface area contributed by atoms with Crippen molar-refractivity contribution in [2.45, 2.75) is 44.6 Å². The Balaban J connectivity index is 1.44. The van der Waals surface area contributed by atoms with Gasteiger partial charge in [-0.1, -0.05) is 42.2 Å². The summed E-state index contributed by atoms with van der Waals surface area (Å²) in [5.74, 6) is 3.99. The molecule has 2 aliphatic heterocycles. The van der Waals surface area contributed by atoms with Gasteiger partial charge in [0.1, 0.15) is 5.92 Å². The normalized spacial score (nSPS) is 18.6. The molecule has 2 aliphatic rings. The highest BCUT2D eigenvalue weighted by Crippen LogP contribution is 2.21. The Morgan fingerprint density at radius 2 is 1.81 bits per heavy atom. The molecule has 3 rings (SSSR count). The number of alkyl carbamates (subject to hydrolysis) is 1. The van der Waals surface area contributed by atoms with E-state index in [0.717, 1.165) is 5.56 Å². The van der Waals surface area contributed by atoms with Gasteiger partial charge >= 0.3 is 19.3 Å². The number of carbonyl (C=O) groups is 3. The number of hydrogen-bond donors (Lipinski definition) is 3. The van der Waals surface area contributed by atoms with Crippen LogP contribution in [0.3, 0.4) is 0 Å². The Kier molecular flexibility index (Phi) is 12.0. The predicted molar refractivity (Wildman–Crippen MR) is 154 cm³/mol. The molecule has 42 heavy (non-hydrogen) atoms. The highest BCUT2D eigenvalue weighted by molar-refractivity contribution is 6.43. The number of nitriles is 1. The summed E-state index contributed by atoms with van der Waals surface area (Å²) in [5.41, 5.74) is 0.341. The van der Waals surface area contributed by atoms with E-state index in [2.05, 4.69) is 28.1 Å². The zero-order valence-electron chi connectivity index (χ0n) is 24.5. The second-order valence-electron chi connectivity index (χ2n) is 11.1. The molecule has 1 aromatic rings. The van der Waals surface area contributed by atoms with Crippen LogP contribution in [-0.4, -0.2) is 114 Å². The quantitative estimate of drug-likeness (QED) is 0.285. The van der Waals surface area contributed by atoms with Gasteiger partial charge in [-0.3, -0.25) is 9.69 Å². The number of ether oxygens (including phenoxy) is 2. The molecule has 13 heteroatoms. The van der Waals surface area contributed by atoms with E-state index < -0.39 is 30.6 Å². The van der Waals surface area contributed by atoms with E-state index in [0.29, 0.717) is 45.7 Å². The average molecular weight is 581 g/mol. The number of carbonyl (C=O) groups excluding carboxylic acids is 3. The predicted octanol–water partition coefficient (Wildman–Crippen LogP) is 0.880. The van der Waals surface area contributed by atoms with Gasteiger partial charge in [0.2, 0.25) is 5.91 Å². The Morgan fingerprint density at radius 3 is 2.43 bits per heavy atom. The Labute approximate surface area is 247 Å². The molecule has 3 atom stereocenters. The summed E-state index contributed by atoms with van der Waals surface area (Å²) in [6.07, 6.45) is -0.173. The van der Waals surface area contributed by atoms with Crippen molar-refractivity contribution in [3.63, 3.8) is 0 Å². The van der Waals surface area contributed by atoms with Crippen LogP contribution < -0.4 is 5.32 Å². The van der Waals surface area contributed by atoms with E-state index in [-0.39, 0.29) is 37.4 Å². The minimum Gasteiger partial charge on any atom is -0.453 e. The molecule has 0 aromatic heterocycles. The molecule has 0 saturated carbocycles. The molecule has 0 aliphatic carbocycles. The number of methoxy groups -OCH3 is 1. The standard InChI is InChI=1S/C29H40BN5O7/c1-29(2,35-16-14-33(15-17-35)28(38)41-3)12-7-10-24(19-31)26(36)34-13-11-23(20-34)21-42-27(37)32-25(30(39)40)18-22-8-5-4-6-9-22/h4-6,8-9,23-25,39-40H,10-11,13-18,20-21H2,1-3H3,(H,32,37)/t23-,24?,25-/m0/s1. The van der Waals surface area contributed by atoms with Crippen molar-refractivity contribution in [2.75, 3.05) is 53.0 Å². The van der Waals surface area contributed by atoms with Gasteiger partial charge in [0, 0.05) is 51.6 Å². The molecule has 1 aromatic carbocycles. The monoisotopic (exact) mass is 581 g/mol. The number of likely N-dealkylation sites (tertiary alicyclic amines) is 1. The minimum absolute atomic E-state index is 0.0592. The Hall–Kier alpha value is -3.78.